The van der Waals surface area contributed by atoms with E-state index in [2.05, 4.69) is 96.7 Å². The molecule has 1 aromatic heterocycles. The predicted molar refractivity (Wildman–Crippen MR) is 148 cm³/mol. The zero-order chi connectivity index (χ0) is 25.1. The lowest BCUT2D eigenvalue weighted by molar-refractivity contribution is 0.579. The molecule has 1 fully saturated rings. The summed E-state index contributed by atoms with van der Waals surface area (Å²) in [7, 11) is 0. The van der Waals surface area contributed by atoms with E-state index in [1.807, 2.05) is 18.2 Å². The van der Waals surface area contributed by atoms with Gasteiger partial charge in [0.15, 0.2) is 0 Å². The number of piperazine rings is 1. The summed E-state index contributed by atoms with van der Waals surface area (Å²) in [6, 6.07) is 22.9. The lowest BCUT2D eigenvalue weighted by Gasteiger charge is -2.30. The molecule has 2 N–H and O–H groups in total. The van der Waals surface area contributed by atoms with Crippen LogP contribution in [0.5, 0.6) is 0 Å². The number of benzene rings is 3. The minimum absolute atomic E-state index is 0.536. The third-order valence-electron chi connectivity index (χ3n) is 6.89. The van der Waals surface area contributed by atoms with Crippen LogP contribution >= 0.6 is 0 Å². The van der Waals surface area contributed by atoms with Crippen molar-refractivity contribution in [2.75, 3.05) is 41.3 Å². The van der Waals surface area contributed by atoms with Gasteiger partial charge in [0.25, 0.3) is 0 Å². The first-order valence-electron chi connectivity index (χ1n) is 12.5. The Kier molecular flexibility index (Phi) is 6.82. The number of anilines is 6. The molecule has 7 nitrogen and oxygen atoms in total. The van der Waals surface area contributed by atoms with E-state index < -0.39 is 0 Å². The summed E-state index contributed by atoms with van der Waals surface area (Å²) in [4.78, 5) is 19.2. The molecule has 1 saturated heterocycles. The van der Waals surface area contributed by atoms with E-state index in [0.717, 1.165) is 43.2 Å². The molecule has 3 aromatic carbocycles. The number of rotatable bonds is 6. The minimum atomic E-state index is 0.536. The molecule has 0 unspecified atom stereocenters. The van der Waals surface area contributed by atoms with E-state index in [4.69, 9.17) is 15.0 Å². The van der Waals surface area contributed by atoms with E-state index in [1.54, 1.807) is 0 Å². The first-order valence-corrected chi connectivity index (χ1v) is 12.5. The fourth-order valence-corrected chi connectivity index (χ4v) is 4.44. The normalized spacial score (nSPS) is 13.5. The molecule has 0 bridgehead atoms. The van der Waals surface area contributed by atoms with Gasteiger partial charge in [-0.2, -0.15) is 15.0 Å². The van der Waals surface area contributed by atoms with Crippen LogP contribution in [0.1, 0.15) is 22.3 Å². The van der Waals surface area contributed by atoms with Gasteiger partial charge in [0.05, 0.1) is 5.69 Å². The number of aromatic nitrogens is 3. The van der Waals surface area contributed by atoms with Crippen molar-refractivity contribution < 1.29 is 0 Å². The highest BCUT2D eigenvalue weighted by molar-refractivity contribution is 5.76. The molecule has 0 aliphatic carbocycles. The number of nitrogens with one attached hydrogen (secondary N) is 2. The Balaban J connectivity index is 1.67. The molecule has 1 aliphatic rings. The fourth-order valence-electron chi connectivity index (χ4n) is 4.44. The number of aryl methyl sites for hydroxylation is 2. The molecule has 1 aliphatic heterocycles. The van der Waals surface area contributed by atoms with Crippen LogP contribution in [0.2, 0.25) is 0 Å². The van der Waals surface area contributed by atoms with Gasteiger partial charge >= 0.3 is 0 Å². The third kappa shape index (κ3) is 4.88. The second-order valence-corrected chi connectivity index (χ2v) is 9.26. The van der Waals surface area contributed by atoms with Gasteiger partial charge in [-0.15, -0.1) is 0 Å². The molecule has 2 heterocycles. The molecule has 7 heteroatoms. The van der Waals surface area contributed by atoms with Gasteiger partial charge in [0, 0.05) is 37.6 Å². The van der Waals surface area contributed by atoms with Crippen LogP contribution in [-0.2, 0) is 0 Å². The predicted octanol–water partition coefficient (Wildman–Crippen LogP) is 5.73. The summed E-state index contributed by atoms with van der Waals surface area (Å²) in [6.07, 6.45) is 0. The smallest absolute Gasteiger partial charge is 0.241 e. The van der Waals surface area contributed by atoms with E-state index in [0.29, 0.717) is 17.8 Å². The van der Waals surface area contributed by atoms with Crippen LogP contribution in [-0.4, -0.2) is 41.1 Å². The molecule has 0 atom stereocenters. The summed E-state index contributed by atoms with van der Waals surface area (Å²) in [5, 5.41) is 6.90. The van der Waals surface area contributed by atoms with Gasteiger partial charge in [-0.1, -0.05) is 42.5 Å². The van der Waals surface area contributed by atoms with Gasteiger partial charge in [-0.05, 0) is 74.2 Å². The van der Waals surface area contributed by atoms with Crippen LogP contribution in [0.25, 0.3) is 0 Å². The molecule has 36 heavy (non-hydrogen) atoms. The van der Waals surface area contributed by atoms with Gasteiger partial charge in [0.1, 0.15) is 0 Å². The second-order valence-electron chi connectivity index (χ2n) is 9.26. The maximum Gasteiger partial charge on any atom is 0.241 e. The van der Waals surface area contributed by atoms with Crippen LogP contribution in [0.15, 0.2) is 66.7 Å². The summed E-state index contributed by atoms with van der Waals surface area (Å²) in [5.74, 6) is 1.81. The Hall–Kier alpha value is -3.97. The molecule has 4 aromatic rings. The largest absolute Gasteiger partial charge is 0.338 e. The monoisotopic (exact) mass is 479 g/mol. The molecular weight excluding hydrogens is 446 g/mol. The molecule has 0 saturated carbocycles. The lowest BCUT2D eigenvalue weighted by Crippen LogP contribution is -2.44. The highest BCUT2D eigenvalue weighted by atomic mass is 15.4. The lowest BCUT2D eigenvalue weighted by atomic mass is 10.1. The average Bonchev–Trinajstić information content (AvgIpc) is 2.90. The minimum Gasteiger partial charge on any atom is -0.338 e. The topological polar surface area (TPSA) is 69.2 Å². The van der Waals surface area contributed by atoms with Gasteiger partial charge in [-0.3, -0.25) is 4.90 Å². The molecule has 0 radical (unpaired) electrons. The van der Waals surface area contributed by atoms with Crippen LogP contribution < -0.4 is 20.4 Å². The second kappa shape index (κ2) is 10.3. The Bertz CT molecular complexity index is 1350. The first kappa shape index (κ1) is 23.8. The van der Waals surface area contributed by atoms with Crippen LogP contribution in [0.3, 0.4) is 0 Å². The summed E-state index contributed by atoms with van der Waals surface area (Å²) < 4.78 is 0. The standard InChI is InChI=1S/C29H33N7/c1-20-10-8-14-25(22(20)3)31-27-32-28(35-18-16-30-17-19-35)34-29(33-27)36(24-12-6-5-7-13-24)26-15-9-11-21(2)23(26)4/h5-15,30H,16-19H2,1-4H3,(H,31,32,33,34). The van der Waals surface area contributed by atoms with Crippen molar-refractivity contribution in [2.24, 2.45) is 0 Å². The summed E-state index contributed by atoms with van der Waals surface area (Å²) >= 11 is 0. The van der Waals surface area contributed by atoms with Crippen molar-refractivity contribution in [3.05, 3.63) is 89.0 Å². The molecular formula is C29H33N7. The van der Waals surface area contributed by atoms with Gasteiger partial charge in [-0.25, -0.2) is 0 Å². The Morgan fingerprint density at radius 3 is 2.19 bits per heavy atom. The molecule has 0 spiro atoms. The number of nitrogens with zero attached hydrogens (tertiary/aromatic N) is 5. The maximum atomic E-state index is 5.02. The first-order chi connectivity index (χ1) is 17.5. The number of hydrogen-bond donors (Lipinski definition) is 2. The quantitative estimate of drug-likeness (QED) is 0.366. The van der Waals surface area contributed by atoms with Gasteiger partial charge in [0.2, 0.25) is 17.8 Å². The van der Waals surface area contributed by atoms with Crippen LogP contribution in [0, 0.1) is 27.7 Å². The van der Waals surface area contributed by atoms with Crippen molar-refractivity contribution in [1.82, 2.24) is 20.3 Å². The van der Waals surface area contributed by atoms with Gasteiger partial charge < -0.3 is 15.5 Å². The van der Waals surface area contributed by atoms with Crippen LogP contribution in [0.4, 0.5) is 34.9 Å². The van der Waals surface area contributed by atoms with E-state index in [-0.39, 0.29) is 0 Å². The highest BCUT2D eigenvalue weighted by Crippen LogP contribution is 2.36. The average molecular weight is 480 g/mol. The zero-order valence-corrected chi connectivity index (χ0v) is 21.4. The van der Waals surface area contributed by atoms with Crippen molar-refractivity contribution in [1.29, 1.82) is 0 Å². The zero-order valence-electron chi connectivity index (χ0n) is 21.4. The summed E-state index contributed by atoms with van der Waals surface area (Å²) in [5.41, 5.74) is 7.86. The molecule has 5 rings (SSSR count). The third-order valence-corrected chi connectivity index (χ3v) is 6.89. The number of para-hydroxylation sites is 1. The van der Waals surface area contributed by atoms with E-state index in [1.165, 1.54) is 22.3 Å². The van der Waals surface area contributed by atoms with Crippen molar-refractivity contribution in [3.63, 3.8) is 0 Å². The Labute approximate surface area is 213 Å². The Morgan fingerprint density at radius 2 is 1.44 bits per heavy atom. The van der Waals surface area contributed by atoms with E-state index in [9.17, 15) is 0 Å². The SMILES string of the molecule is Cc1cccc(Nc2nc(N3CCNCC3)nc(N(c3ccccc3)c3cccc(C)c3C)n2)c1C. The Morgan fingerprint density at radius 1 is 0.750 bits per heavy atom. The maximum absolute atomic E-state index is 5.02. The summed E-state index contributed by atoms with van der Waals surface area (Å²) in [6.45, 7) is 12.0. The van der Waals surface area contributed by atoms with E-state index >= 15 is 0 Å². The van der Waals surface area contributed by atoms with Crippen molar-refractivity contribution in [3.8, 4) is 0 Å². The highest BCUT2D eigenvalue weighted by Gasteiger charge is 2.23. The van der Waals surface area contributed by atoms with Crippen molar-refractivity contribution in [2.45, 2.75) is 27.7 Å². The fraction of sp³-hybridized carbons (Fsp3) is 0.276. The van der Waals surface area contributed by atoms with Crippen molar-refractivity contribution >= 4 is 34.9 Å². The molecule has 0 amide bonds. The number of hydrogen-bond acceptors (Lipinski definition) is 7. The molecule has 184 valence electrons.